The summed E-state index contributed by atoms with van der Waals surface area (Å²) in [5.41, 5.74) is 0.745. The molecule has 3 aromatic rings. The van der Waals surface area contributed by atoms with E-state index in [9.17, 15) is 4.79 Å². The first kappa shape index (κ1) is 17.4. The van der Waals surface area contributed by atoms with Crippen LogP contribution in [0.2, 0.25) is 10.0 Å². The maximum Gasteiger partial charge on any atom is 0.273 e. The molecule has 26 heavy (non-hydrogen) atoms. The number of nitrogens with zero attached hydrogens (tertiary/aromatic N) is 2. The first-order valence-corrected chi connectivity index (χ1v) is 9.75. The minimum atomic E-state index is -0.293. The van der Waals surface area contributed by atoms with E-state index in [-0.39, 0.29) is 11.1 Å². The number of carbonyl (C=O) groups is 1. The molecule has 0 unspecified atom stereocenters. The lowest BCUT2D eigenvalue weighted by Gasteiger charge is -2.08. The van der Waals surface area contributed by atoms with E-state index < -0.39 is 0 Å². The number of benzene rings is 1. The molecule has 1 aliphatic heterocycles. The number of furan rings is 1. The third kappa shape index (κ3) is 3.31. The van der Waals surface area contributed by atoms with Crippen LogP contribution in [0.4, 0.5) is 5.13 Å². The van der Waals surface area contributed by atoms with Gasteiger partial charge >= 0.3 is 0 Å². The zero-order chi connectivity index (χ0) is 18.3. The summed E-state index contributed by atoms with van der Waals surface area (Å²) in [5.74, 6) is 0.794. The van der Waals surface area contributed by atoms with Crippen LogP contribution >= 0.6 is 46.3 Å². The van der Waals surface area contributed by atoms with Gasteiger partial charge in [-0.3, -0.25) is 10.2 Å². The molecule has 0 aliphatic carbocycles. The Morgan fingerprint density at radius 1 is 1.19 bits per heavy atom. The van der Waals surface area contributed by atoms with Crippen LogP contribution in [-0.2, 0) is 4.79 Å². The van der Waals surface area contributed by atoms with Gasteiger partial charge in [0.15, 0.2) is 10.3 Å². The molecule has 4 rings (SSSR count). The van der Waals surface area contributed by atoms with Crippen LogP contribution in [-0.4, -0.2) is 16.1 Å². The van der Waals surface area contributed by atoms with Crippen molar-refractivity contribution < 1.29 is 9.21 Å². The van der Waals surface area contributed by atoms with Gasteiger partial charge < -0.3 is 4.42 Å². The Morgan fingerprint density at radius 2 is 1.96 bits per heavy atom. The molecule has 0 radical (unpaired) electrons. The van der Waals surface area contributed by atoms with Crippen LogP contribution in [0.3, 0.4) is 0 Å². The molecule has 1 aliphatic rings. The lowest BCUT2D eigenvalue weighted by molar-refractivity contribution is -0.113. The van der Waals surface area contributed by atoms with Crippen molar-refractivity contribution in [3.63, 3.8) is 0 Å². The fourth-order valence-corrected chi connectivity index (χ4v) is 4.45. The second kappa shape index (κ2) is 6.92. The minimum Gasteiger partial charge on any atom is -0.457 e. The van der Waals surface area contributed by atoms with Crippen molar-refractivity contribution in [1.29, 1.82) is 5.41 Å². The highest BCUT2D eigenvalue weighted by molar-refractivity contribution is 8.19. The van der Waals surface area contributed by atoms with Gasteiger partial charge in [-0.15, -0.1) is 11.3 Å². The second-order valence-electron chi connectivity index (χ2n) is 5.23. The Balaban J connectivity index is 1.62. The molecule has 130 valence electrons. The normalized spacial score (nSPS) is 16.1. The lowest BCUT2D eigenvalue weighted by Crippen LogP contribution is -2.27. The van der Waals surface area contributed by atoms with Crippen molar-refractivity contribution in [2.75, 3.05) is 4.90 Å². The summed E-state index contributed by atoms with van der Waals surface area (Å²) in [5, 5.41) is 11.4. The topological polar surface area (TPSA) is 70.2 Å². The number of amidine groups is 1. The van der Waals surface area contributed by atoms with Crippen molar-refractivity contribution in [3.8, 4) is 11.3 Å². The number of hydrogen-bond acceptors (Lipinski definition) is 6. The lowest BCUT2D eigenvalue weighted by atomic mass is 10.2. The molecule has 1 fully saturated rings. The molecule has 0 saturated carbocycles. The first-order chi connectivity index (χ1) is 12.5. The zero-order valence-corrected chi connectivity index (χ0v) is 16.0. The smallest absolute Gasteiger partial charge is 0.273 e. The molecule has 3 heterocycles. The fraction of sp³-hybridized carbons (Fsp3) is 0. The molecular weight excluding hydrogens is 413 g/mol. The highest BCUT2D eigenvalue weighted by Gasteiger charge is 2.35. The second-order valence-corrected chi connectivity index (χ2v) is 8.01. The van der Waals surface area contributed by atoms with Crippen molar-refractivity contribution in [3.05, 3.63) is 62.6 Å². The highest BCUT2D eigenvalue weighted by atomic mass is 35.5. The third-order valence-corrected chi connectivity index (χ3v) is 5.56. The van der Waals surface area contributed by atoms with Crippen molar-refractivity contribution >= 4 is 68.6 Å². The van der Waals surface area contributed by atoms with E-state index in [1.165, 1.54) is 16.2 Å². The number of amides is 1. The summed E-state index contributed by atoms with van der Waals surface area (Å²) in [7, 11) is 0. The third-order valence-electron chi connectivity index (χ3n) is 3.48. The molecule has 9 heteroatoms. The molecule has 1 N–H and O–H groups in total. The van der Waals surface area contributed by atoms with E-state index in [0.29, 0.717) is 31.6 Å². The number of hydrogen-bond donors (Lipinski definition) is 1. The first-order valence-electron chi connectivity index (χ1n) is 7.29. The zero-order valence-electron chi connectivity index (χ0n) is 12.9. The van der Waals surface area contributed by atoms with Gasteiger partial charge in [0.05, 0.1) is 4.91 Å². The van der Waals surface area contributed by atoms with Gasteiger partial charge in [-0.25, -0.2) is 9.88 Å². The van der Waals surface area contributed by atoms with E-state index in [4.69, 9.17) is 33.0 Å². The van der Waals surface area contributed by atoms with Crippen molar-refractivity contribution in [1.82, 2.24) is 4.98 Å². The molecule has 1 amide bonds. The van der Waals surface area contributed by atoms with Crippen LogP contribution in [0.15, 0.2) is 51.2 Å². The maximum atomic E-state index is 12.6. The summed E-state index contributed by atoms with van der Waals surface area (Å²) in [6.45, 7) is 0. The van der Waals surface area contributed by atoms with Crippen LogP contribution < -0.4 is 4.90 Å². The fourth-order valence-electron chi connectivity index (χ4n) is 2.40. The number of anilines is 1. The number of carbonyl (C=O) groups excluding carboxylic acids is 1. The molecule has 0 atom stereocenters. The summed E-state index contributed by atoms with van der Waals surface area (Å²) in [6.07, 6.45) is 3.21. The standard InChI is InChI=1S/C17H9Cl2N3O2S2/c18-10-5-9(6-11(19)7-10)13-2-1-12(24-13)8-14-15(23)22(16(20)26-14)17-21-3-4-25-17/h1-8,20H/b14-8-,20-16?. The highest BCUT2D eigenvalue weighted by Crippen LogP contribution is 2.36. The van der Waals surface area contributed by atoms with Gasteiger partial charge in [-0.1, -0.05) is 23.2 Å². The molecule has 1 saturated heterocycles. The van der Waals surface area contributed by atoms with E-state index in [0.717, 1.165) is 17.3 Å². The summed E-state index contributed by atoms with van der Waals surface area (Å²) < 4.78 is 5.79. The number of thioether (sulfide) groups is 1. The van der Waals surface area contributed by atoms with Gasteiger partial charge in [0.1, 0.15) is 11.5 Å². The molecule has 1 aromatic carbocycles. The van der Waals surface area contributed by atoms with E-state index in [1.54, 1.807) is 48.0 Å². The largest absolute Gasteiger partial charge is 0.457 e. The Kier molecular flexibility index (Phi) is 4.62. The molecule has 0 spiro atoms. The molecule has 0 bridgehead atoms. The quantitative estimate of drug-likeness (QED) is 0.545. The summed E-state index contributed by atoms with van der Waals surface area (Å²) in [4.78, 5) is 18.3. The monoisotopic (exact) mass is 421 g/mol. The van der Waals surface area contributed by atoms with Gasteiger partial charge in [0, 0.05) is 33.3 Å². The number of nitrogens with one attached hydrogen (secondary N) is 1. The average molecular weight is 422 g/mol. The Labute approximate surface area is 166 Å². The Hall–Kier alpha value is -2.06. The predicted molar refractivity (Wildman–Crippen MR) is 107 cm³/mol. The predicted octanol–water partition coefficient (Wildman–Crippen LogP) is 5.77. The summed E-state index contributed by atoms with van der Waals surface area (Å²) in [6, 6.07) is 8.67. The minimum absolute atomic E-state index is 0.115. The van der Waals surface area contributed by atoms with Crippen LogP contribution in [0.25, 0.3) is 17.4 Å². The maximum absolute atomic E-state index is 12.6. The Morgan fingerprint density at radius 3 is 2.65 bits per heavy atom. The molecule has 2 aromatic heterocycles. The SMILES string of the molecule is N=C1S/C(=C\c2ccc(-c3cc(Cl)cc(Cl)c3)o2)C(=O)N1c1nccs1. The number of halogens is 2. The number of thiazole rings is 1. The van der Waals surface area contributed by atoms with Gasteiger partial charge in [-0.2, -0.15) is 0 Å². The molecular formula is C17H9Cl2N3O2S2. The average Bonchev–Trinajstić information content (AvgIpc) is 3.29. The van der Waals surface area contributed by atoms with E-state index in [2.05, 4.69) is 4.98 Å². The summed E-state index contributed by atoms with van der Waals surface area (Å²) >= 11 is 14.4. The number of rotatable bonds is 3. The van der Waals surface area contributed by atoms with Gasteiger partial charge in [0.25, 0.3) is 5.91 Å². The van der Waals surface area contributed by atoms with Crippen LogP contribution in [0, 0.1) is 5.41 Å². The van der Waals surface area contributed by atoms with Crippen molar-refractivity contribution in [2.24, 2.45) is 0 Å². The number of aromatic nitrogens is 1. The van der Waals surface area contributed by atoms with E-state index in [1.807, 2.05) is 0 Å². The van der Waals surface area contributed by atoms with Crippen LogP contribution in [0.1, 0.15) is 5.76 Å². The van der Waals surface area contributed by atoms with Crippen molar-refractivity contribution in [2.45, 2.75) is 0 Å². The van der Waals surface area contributed by atoms with Gasteiger partial charge in [-0.05, 0) is 42.1 Å². The van der Waals surface area contributed by atoms with Crippen LogP contribution in [0.5, 0.6) is 0 Å². The Bertz CT molecular complexity index is 1020. The van der Waals surface area contributed by atoms with Gasteiger partial charge in [0.2, 0.25) is 0 Å². The molecule has 5 nitrogen and oxygen atoms in total. The van der Waals surface area contributed by atoms with E-state index >= 15 is 0 Å².